The summed E-state index contributed by atoms with van der Waals surface area (Å²) < 4.78 is 1.03. The first-order valence-corrected chi connectivity index (χ1v) is 6.46. The van der Waals surface area contributed by atoms with Crippen molar-refractivity contribution in [2.24, 2.45) is 5.73 Å². The minimum atomic E-state index is -0.0345. The van der Waals surface area contributed by atoms with Gasteiger partial charge in [0.25, 0.3) is 0 Å². The summed E-state index contributed by atoms with van der Waals surface area (Å²) in [5, 5.41) is 3.45. The second-order valence-electron chi connectivity index (χ2n) is 4.14. The lowest BCUT2D eigenvalue weighted by Gasteiger charge is -2.32. The van der Waals surface area contributed by atoms with Crippen LogP contribution in [0.2, 0.25) is 0 Å². The van der Waals surface area contributed by atoms with Crippen molar-refractivity contribution in [2.75, 3.05) is 11.9 Å². The zero-order valence-corrected chi connectivity index (χ0v) is 11.8. The predicted octanol–water partition coefficient (Wildman–Crippen LogP) is 3.08. The molecule has 0 aliphatic carbocycles. The molecule has 0 saturated heterocycles. The lowest BCUT2D eigenvalue weighted by atomic mass is 9.93. The molecule has 0 unspecified atom stereocenters. The largest absolute Gasteiger partial charge is 0.363 e. The molecule has 3 nitrogen and oxygen atoms in total. The molecule has 16 heavy (non-hydrogen) atoms. The predicted molar refractivity (Wildman–Crippen MR) is 72.7 cm³/mol. The van der Waals surface area contributed by atoms with Gasteiger partial charge in [-0.2, -0.15) is 0 Å². The molecule has 0 aliphatic rings. The van der Waals surface area contributed by atoms with Crippen molar-refractivity contribution >= 4 is 21.7 Å². The highest BCUT2D eigenvalue weighted by atomic mass is 79.9. The average Bonchev–Trinajstić information content (AvgIpc) is 2.31. The van der Waals surface area contributed by atoms with Gasteiger partial charge in [0.15, 0.2) is 0 Å². The molecule has 0 saturated carbocycles. The summed E-state index contributed by atoms with van der Waals surface area (Å²) in [6, 6.07) is 2.04. The molecule has 0 fully saturated rings. The molecule has 3 N–H and O–H groups in total. The summed E-state index contributed by atoms with van der Waals surface area (Å²) in [5.74, 6) is 0.898. The first-order chi connectivity index (χ1) is 7.56. The van der Waals surface area contributed by atoms with E-state index in [1.807, 2.05) is 12.3 Å². The second-order valence-corrected chi connectivity index (χ2v) is 4.99. The molecule has 0 atom stereocenters. The number of aromatic nitrogens is 1. The molecule has 0 spiro atoms. The lowest BCUT2D eigenvalue weighted by Crippen LogP contribution is -2.44. The summed E-state index contributed by atoms with van der Waals surface area (Å²) in [7, 11) is 0. The van der Waals surface area contributed by atoms with E-state index in [0.717, 1.165) is 23.1 Å². The van der Waals surface area contributed by atoms with Gasteiger partial charge < -0.3 is 11.1 Å². The van der Waals surface area contributed by atoms with E-state index in [9.17, 15) is 0 Å². The molecule has 4 heteroatoms. The summed E-state index contributed by atoms with van der Waals surface area (Å²) in [6.45, 7) is 6.97. The maximum Gasteiger partial charge on any atom is 0.126 e. The fourth-order valence-electron chi connectivity index (χ4n) is 1.65. The van der Waals surface area contributed by atoms with Crippen LogP contribution in [0.4, 0.5) is 5.82 Å². The second kappa shape index (κ2) is 5.64. The molecule has 1 aromatic rings. The van der Waals surface area contributed by atoms with E-state index in [4.69, 9.17) is 5.73 Å². The highest BCUT2D eigenvalue weighted by Crippen LogP contribution is 2.23. The number of aryl methyl sites for hydroxylation is 1. The quantitative estimate of drug-likeness (QED) is 0.874. The zero-order valence-electron chi connectivity index (χ0n) is 10.2. The number of nitrogens with one attached hydrogen (secondary N) is 1. The van der Waals surface area contributed by atoms with Gasteiger partial charge in [-0.3, -0.25) is 0 Å². The molecular formula is C12H20BrN3. The van der Waals surface area contributed by atoms with Crippen molar-refractivity contribution in [1.82, 2.24) is 4.98 Å². The van der Waals surface area contributed by atoms with E-state index in [1.54, 1.807) is 0 Å². The molecule has 1 rings (SSSR count). The summed E-state index contributed by atoms with van der Waals surface area (Å²) in [6.07, 6.45) is 3.82. The van der Waals surface area contributed by atoms with Crippen molar-refractivity contribution in [3.63, 3.8) is 0 Å². The number of rotatable bonds is 5. The minimum Gasteiger partial charge on any atom is -0.363 e. The third-order valence-corrected chi connectivity index (χ3v) is 4.01. The van der Waals surface area contributed by atoms with Crippen LogP contribution in [0.5, 0.6) is 0 Å². The lowest BCUT2D eigenvalue weighted by molar-refractivity contribution is 0.444. The Kier molecular flexibility index (Phi) is 4.74. The Bertz CT molecular complexity index is 340. The van der Waals surface area contributed by atoms with Crippen LogP contribution >= 0.6 is 15.9 Å². The summed E-state index contributed by atoms with van der Waals surface area (Å²) in [4.78, 5) is 4.35. The molecule has 90 valence electrons. The van der Waals surface area contributed by atoms with Gasteiger partial charge in [-0.25, -0.2) is 4.98 Å². The van der Waals surface area contributed by atoms with E-state index >= 15 is 0 Å². The van der Waals surface area contributed by atoms with Gasteiger partial charge in [0, 0.05) is 17.2 Å². The summed E-state index contributed by atoms with van der Waals surface area (Å²) >= 11 is 3.45. The average molecular weight is 286 g/mol. The fourth-order valence-corrected chi connectivity index (χ4v) is 1.86. The highest BCUT2D eigenvalue weighted by molar-refractivity contribution is 9.10. The van der Waals surface area contributed by atoms with Crippen LogP contribution in [-0.2, 0) is 0 Å². The van der Waals surface area contributed by atoms with Gasteiger partial charge in [0.1, 0.15) is 5.82 Å². The van der Waals surface area contributed by atoms with Crippen LogP contribution in [0.25, 0.3) is 0 Å². The van der Waals surface area contributed by atoms with Gasteiger partial charge in [0.05, 0.1) is 5.54 Å². The Morgan fingerprint density at radius 1 is 1.44 bits per heavy atom. The number of nitrogens with zero attached hydrogens (tertiary/aromatic N) is 1. The van der Waals surface area contributed by atoms with Crippen LogP contribution < -0.4 is 11.1 Å². The maximum atomic E-state index is 5.85. The monoisotopic (exact) mass is 285 g/mol. The van der Waals surface area contributed by atoms with E-state index < -0.39 is 0 Å². The van der Waals surface area contributed by atoms with Gasteiger partial charge in [-0.15, -0.1) is 0 Å². The third-order valence-electron chi connectivity index (χ3n) is 3.18. The first-order valence-electron chi connectivity index (χ1n) is 5.67. The SMILES string of the molecule is CCC(CC)(CN)Nc1cc(C)c(Br)cn1. The molecule has 1 heterocycles. The maximum absolute atomic E-state index is 5.85. The van der Waals surface area contributed by atoms with Crippen LogP contribution in [-0.4, -0.2) is 17.1 Å². The molecule has 0 amide bonds. The third kappa shape index (κ3) is 2.95. The Morgan fingerprint density at radius 2 is 2.06 bits per heavy atom. The number of hydrogen-bond donors (Lipinski definition) is 2. The molecule has 0 bridgehead atoms. The topological polar surface area (TPSA) is 50.9 Å². The van der Waals surface area contributed by atoms with Crippen molar-refractivity contribution in [1.29, 1.82) is 0 Å². The molecule has 0 radical (unpaired) electrons. The first kappa shape index (κ1) is 13.5. The van der Waals surface area contributed by atoms with Crippen LogP contribution in [0.1, 0.15) is 32.3 Å². The van der Waals surface area contributed by atoms with E-state index in [2.05, 4.69) is 47.0 Å². The van der Waals surface area contributed by atoms with Crippen molar-refractivity contribution in [3.05, 3.63) is 22.3 Å². The van der Waals surface area contributed by atoms with Crippen LogP contribution in [0.3, 0.4) is 0 Å². The van der Waals surface area contributed by atoms with Crippen LogP contribution in [0.15, 0.2) is 16.7 Å². The fraction of sp³-hybridized carbons (Fsp3) is 0.583. The molecular weight excluding hydrogens is 266 g/mol. The zero-order chi connectivity index (χ0) is 12.2. The van der Waals surface area contributed by atoms with E-state index in [-0.39, 0.29) is 5.54 Å². The van der Waals surface area contributed by atoms with Crippen molar-refractivity contribution in [2.45, 2.75) is 39.2 Å². The normalized spacial score (nSPS) is 11.6. The number of pyridine rings is 1. The number of nitrogens with two attached hydrogens (primary N) is 1. The highest BCUT2D eigenvalue weighted by Gasteiger charge is 2.24. The van der Waals surface area contributed by atoms with E-state index in [0.29, 0.717) is 6.54 Å². The van der Waals surface area contributed by atoms with Crippen molar-refractivity contribution < 1.29 is 0 Å². The minimum absolute atomic E-state index is 0.0345. The van der Waals surface area contributed by atoms with Crippen molar-refractivity contribution in [3.8, 4) is 0 Å². The molecule has 0 aromatic carbocycles. The smallest absolute Gasteiger partial charge is 0.126 e. The Morgan fingerprint density at radius 3 is 2.50 bits per heavy atom. The Balaban J connectivity index is 2.89. The number of halogens is 1. The van der Waals surface area contributed by atoms with Crippen LogP contribution in [0, 0.1) is 6.92 Å². The van der Waals surface area contributed by atoms with Gasteiger partial charge in [-0.1, -0.05) is 13.8 Å². The molecule has 1 aromatic heterocycles. The van der Waals surface area contributed by atoms with Gasteiger partial charge in [-0.05, 0) is 47.3 Å². The molecule has 0 aliphatic heterocycles. The Hall–Kier alpha value is -0.610. The standard InChI is InChI=1S/C12H20BrN3/c1-4-12(5-2,8-14)16-11-6-9(3)10(13)7-15-11/h6-7H,4-5,8,14H2,1-3H3,(H,15,16). The van der Waals surface area contributed by atoms with E-state index in [1.165, 1.54) is 5.56 Å². The van der Waals surface area contributed by atoms with Gasteiger partial charge in [0.2, 0.25) is 0 Å². The van der Waals surface area contributed by atoms with Gasteiger partial charge >= 0.3 is 0 Å². The number of anilines is 1. The Labute approximate surface area is 106 Å². The summed E-state index contributed by atoms with van der Waals surface area (Å²) in [5.41, 5.74) is 6.99. The number of hydrogen-bond acceptors (Lipinski definition) is 3.